The van der Waals surface area contributed by atoms with E-state index in [9.17, 15) is 9.59 Å². The van der Waals surface area contributed by atoms with Gasteiger partial charge in [-0.1, -0.05) is 20.8 Å². The Labute approximate surface area is 134 Å². The van der Waals surface area contributed by atoms with Gasteiger partial charge in [0.05, 0.1) is 16.6 Å². The van der Waals surface area contributed by atoms with Crippen molar-refractivity contribution >= 4 is 27.5 Å². The summed E-state index contributed by atoms with van der Waals surface area (Å²) < 4.78 is 1.44. The zero-order chi connectivity index (χ0) is 16.8. The van der Waals surface area contributed by atoms with Crippen molar-refractivity contribution in [2.75, 3.05) is 7.05 Å². The van der Waals surface area contributed by atoms with Gasteiger partial charge in [-0.2, -0.15) is 0 Å². The van der Waals surface area contributed by atoms with Crippen molar-refractivity contribution in [3.63, 3.8) is 0 Å². The van der Waals surface area contributed by atoms with Crippen molar-refractivity contribution in [2.45, 2.75) is 40.7 Å². The van der Waals surface area contributed by atoms with Gasteiger partial charge in [-0.05, 0) is 24.8 Å². The summed E-state index contributed by atoms with van der Waals surface area (Å²) in [7, 11) is 3.48. The molecule has 0 saturated carbocycles. The molecule has 2 aromatic heterocycles. The normalized spacial score (nSPS) is 13.4. The van der Waals surface area contributed by atoms with Crippen LogP contribution in [0.15, 0.2) is 11.1 Å². The number of aryl methyl sites for hydroxylation is 2. The van der Waals surface area contributed by atoms with Crippen LogP contribution in [0.4, 0.5) is 0 Å². The van der Waals surface area contributed by atoms with Crippen LogP contribution in [0.5, 0.6) is 0 Å². The van der Waals surface area contributed by atoms with Crippen LogP contribution < -0.4 is 5.56 Å². The zero-order valence-corrected chi connectivity index (χ0v) is 15.0. The Morgan fingerprint density at radius 3 is 2.55 bits per heavy atom. The number of amides is 1. The van der Waals surface area contributed by atoms with Crippen molar-refractivity contribution in [1.82, 2.24) is 14.5 Å². The average Bonchev–Trinajstić information content (AvgIpc) is 2.77. The van der Waals surface area contributed by atoms with Crippen LogP contribution in [0.25, 0.3) is 10.2 Å². The number of carbonyl (C=O) groups excluding carboxylic acids is 1. The second-order valence-electron chi connectivity index (χ2n) is 6.86. The lowest BCUT2D eigenvalue weighted by Gasteiger charge is -2.35. The maximum absolute atomic E-state index is 12.8. The summed E-state index contributed by atoms with van der Waals surface area (Å²) in [6, 6.07) is 0.0837. The van der Waals surface area contributed by atoms with Gasteiger partial charge >= 0.3 is 0 Å². The molecule has 5 nitrogen and oxygen atoms in total. The smallest absolute Gasteiger partial charge is 0.264 e. The van der Waals surface area contributed by atoms with Crippen molar-refractivity contribution in [2.24, 2.45) is 12.5 Å². The van der Waals surface area contributed by atoms with Gasteiger partial charge in [0.15, 0.2) is 0 Å². The molecule has 0 aliphatic rings. The van der Waals surface area contributed by atoms with E-state index in [4.69, 9.17) is 0 Å². The molecule has 0 bridgehead atoms. The largest absolute Gasteiger partial charge is 0.338 e. The lowest BCUT2D eigenvalue weighted by Crippen LogP contribution is -2.42. The van der Waals surface area contributed by atoms with Crippen molar-refractivity contribution in [1.29, 1.82) is 0 Å². The number of fused-ring (bicyclic) bond motifs is 1. The van der Waals surface area contributed by atoms with E-state index in [1.54, 1.807) is 11.9 Å². The first kappa shape index (κ1) is 16.7. The number of nitrogens with zero attached hydrogens (tertiary/aromatic N) is 3. The molecule has 2 rings (SSSR count). The predicted molar refractivity (Wildman–Crippen MR) is 90.6 cm³/mol. The fourth-order valence-corrected chi connectivity index (χ4v) is 3.45. The third-order valence-corrected chi connectivity index (χ3v) is 5.55. The van der Waals surface area contributed by atoms with Gasteiger partial charge in [0, 0.05) is 20.1 Å². The second-order valence-corrected chi connectivity index (χ2v) is 7.85. The molecule has 2 aromatic rings. The lowest BCUT2D eigenvalue weighted by molar-refractivity contribution is 0.0633. The first-order chi connectivity index (χ1) is 10.1. The van der Waals surface area contributed by atoms with E-state index in [0.29, 0.717) is 15.1 Å². The highest BCUT2D eigenvalue weighted by Crippen LogP contribution is 2.30. The molecule has 0 aliphatic heterocycles. The molecule has 0 spiro atoms. The van der Waals surface area contributed by atoms with Crippen molar-refractivity contribution in [3.05, 3.63) is 27.1 Å². The van der Waals surface area contributed by atoms with Crippen molar-refractivity contribution in [3.8, 4) is 0 Å². The lowest BCUT2D eigenvalue weighted by atomic mass is 9.87. The molecule has 1 atom stereocenters. The summed E-state index contributed by atoms with van der Waals surface area (Å²) in [5.74, 6) is -0.0509. The molecule has 1 amide bonds. The van der Waals surface area contributed by atoms with E-state index < -0.39 is 0 Å². The SMILES string of the molecule is Cc1c(C(=O)N(C)[C@@H](C)C(C)(C)C)sc2ncn(C)c(=O)c12. The Kier molecular flexibility index (Phi) is 4.17. The van der Waals surface area contributed by atoms with Gasteiger partial charge in [0.25, 0.3) is 11.5 Å². The highest BCUT2D eigenvalue weighted by molar-refractivity contribution is 7.20. The van der Waals surface area contributed by atoms with E-state index in [1.807, 2.05) is 20.9 Å². The Balaban J connectivity index is 2.52. The molecule has 0 saturated heterocycles. The fourth-order valence-electron chi connectivity index (χ4n) is 2.33. The summed E-state index contributed by atoms with van der Waals surface area (Å²) in [5.41, 5.74) is 0.611. The molecular weight excluding hydrogens is 298 g/mol. The Hall–Kier alpha value is -1.69. The van der Waals surface area contributed by atoms with Gasteiger partial charge in [-0.3, -0.25) is 9.59 Å². The molecule has 120 valence electrons. The van der Waals surface area contributed by atoms with Crippen LogP contribution in [-0.4, -0.2) is 33.4 Å². The molecule has 0 radical (unpaired) electrons. The van der Waals surface area contributed by atoms with E-state index in [1.165, 1.54) is 22.2 Å². The first-order valence-corrected chi connectivity index (χ1v) is 8.09. The number of hydrogen-bond donors (Lipinski definition) is 0. The molecule has 0 fully saturated rings. The highest BCUT2D eigenvalue weighted by Gasteiger charge is 2.30. The molecule has 6 heteroatoms. The van der Waals surface area contributed by atoms with Crippen LogP contribution in [-0.2, 0) is 7.05 Å². The van der Waals surface area contributed by atoms with E-state index in [0.717, 1.165) is 5.56 Å². The number of aromatic nitrogens is 2. The van der Waals surface area contributed by atoms with Crippen LogP contribution in [0.2, 0.25) is 0 Å². The summed E-state index contributed by atoms with van der Waals surface area (Å²) in [4.78, 5) is 32.3. The Bertz CT molecular complexity index is 783. The van der Waals surface area contributed by atoms with Gasteiger partial charge in [-0.15, -0.1) is 11.3 Å². The minimum absolute atomic E-state index is 0.0105. The Morgan fingerprint density at radius 2 is 2.00 bits per heavy atom. The second kappa shape index (κ2) is 5.50. The molecular formula is C16H23N3O2S. The van der Waals surface area contributed by atoms with Gasteiger partial charge in [0.1, 0.15) is 4.83 Å². The summed E-state index contributed by atoms with van der Waals surface area (Å²) in [6.45, 7) is 10.2. The highest BCUT2D eigenvalue weighted by atomic mass is 32.1. The molecule has 0 unspecified atom stereocenters. The van der Waals surface area contributed by atoms with E-state index >= 15 is 0 Å². The van der Waals surface area contributed by atoms with Gasteiger partial charge < -0.3 is 9.47 Å². The Morgan fingerprint density at radius 1 is 1.41 bits per heavy atom. The third kappa shape index (κ3) is 2.67. The minimum Gasteiger partial charge on any atom is -0.338 e. The van der Waals surface area contributed by atoms with Crippen LogP contribution in [0.3, 0.4) is 0 Å². The summed E-state index contributed by atoms with van der Waals surface area (Å²) >= 11 is 1.30. The topological polar surface area (TPSA) is 55.2 Å². The fraction of sp³-hybridized carbons (Fsp3) is 0.562. The predicted octanol–water partition coefficient (Wildman–Crippen LogP) is 2.81. The monoisotopic (exact) mass is 321 g/mol. The van der Waals surface area contributed by atoms with Crippen LogP contribution in [0, 0.1) is 12.3 Å². The van der Waals surface area contributed by atoms with E-state index in [2.05, 4.69) is 25.8 Å². The average molecular weight is 321 g/mol. The molecule has 0 aromatic carbocycles. The van der Waals surface area contributed by atoms with Gasteiger partial charge in [-0.25, -0.2) is 4.98 Å². The standard InChI is InChI=1S/C16H23N3O2S/c1-9-11-13(17-8-18(6)14(11)20)22-12(9)15(21)19(7)10(2)16(3,4)5/h8,10H,1-7H3/t10-/m0/s1. The van der Waals surface area contributed by atoms with Crippen LogP contribution in [0.1, 0.15) is 42.9 Å². The number of carbonyl (C=O) groups is 1. The molecule has 22 heavy (non-hydrogen) atoms. The molecule has 2 heterocycles. The molecule has 0 N–H and O–H groups in total. The minimum atomic E-state index is -0.107. The van der Waals surface area contributed by atoms with E-state index in [-0.39, 0.29) is 22.9 Å². The maximum Gasteiger partial charge on any atom is 0.264 e. The number of thiophene rings is 1. The first-order valence-electron chi connectivity index (χ1n) is 7.27. The van der Waals surface area contributed by atoms with Crippen LogP contribution >= 0.6 is 11.3 Å². The zero-order valence-electron chi connectivity index (χ0n) is 14.2. The summed E-state index contributed by atoms with van der Waals surface area (Å²) in [6.07, 6.45) is 1.50. The number of rotatable bonds is 2. The third-order valence-electron chi connectivity index (χ3n) is 4.36. The molecule has 0 aliphatic carbocycles. The van der Waals surface area contributed by atoms with Gasteiger partial charge in [0.2, 0.25) is 0 Å². The summed E-state index contributed by atoms with van der Waals surface area (Å²) in [5, 5.41) is 0.551. The van der Waals surface area contributed by atoms with Crippen molar-refractivity contribution < 1.29 is 4.79 Å². The number of hydrogen-bond acceptors (Lipinski definition) is 4. The quantitative estimate of drug-likeness (QED) is 0.854. The maximum atomic E-state index is 12.8.